The fraction of sp³-hybridized carbons (Fsp3) is 0.440. The molecule has 1 aliphatic heterocycles. The highest BCUT2D eigenvalue weighted by Crippen LogP contribution is 2.40. The molecule has 174 valence electrons. The summed E-state index contributed by atoms with van der Waals surface area (Å²) in [5.74, 6) is -0.170. The second kappa shape index (κ2) is 9.70. The van der Waals surface area contributed by atoms with Crippen LogP contribution in [0.2, 0.25) is 0 Å². The lowest BCUT2D eigenvalue weighted by molar-refractivity contribution is 0.0958. The number of H-pyrrole nitrogens is 1. The molecule has 0 spiro atoms. The molecule has 2 N–H and O–H groups in total. The summed E-state index contributed by atoms with van der Waals surface area (Å²) in [6.07, 6.45) is 5.54. The molecule has 1 amide bonds. The summed E-state index contributed by atoms with van der Waals surface area (Å²) >= 11 is 0. The Bertz CT molecular complexity index is 1190. The number of piperazine rings is 1. The molecular formula is C25H32N6O2. The zero-order chi connectivity index (χ0) is 23.5. The van der Waals surface area contributed by atoms with E-state index in [0.29, 0.717) is 24.2 Å². The highest BCUT2D eigenvalue weighted by atomic mass is 16.1. The fourth-order valence-electron chi connectivity index (χ4n) is 4.55. The Balaban J connectivity index is 0.00000126. The van der Waals surface area contributed by atoms with Crippen LogP contribution >= 0.6 is 0 Å². The van der Waals surface area contributed by atoms with Gasteiger partial charge in [0.05, 0.1) is 22.9 Å². The maximum atomic E-state index is 12.1. The molecule has 2 atom stereocenters. The molecule has 0 radical (unpaired) electrons. The molecule has 2 aliphatic rings. The van der Waals surface area contributed by atoms with Crippen molar-refractivity contribution in [1.29, 1.82) is 0 Å². The van der Waals surface area contributed by atoms with Crippen molar-refractivity contribution in [2.45, 2.75) is 52.2 Å². The van der Waals surface area contributed by atoms with Crippen molar-refractivity contribution in [2.75, 3.05) is 25.0 Å². The Morgan fingerprint density at radius 3 is 2.67 bits per heavy atom. The predicted molar refractivity (Wildman–Crippen MR) is 131 cm³/mol. The number of aromatic amines is 1. The zero-order valence-corrected chi connectivity index (χ0v) is 19.8. The second-order valence-corrected chi connectivity index (χ2v) is 8.27. The first-order valence-electron chi connectivity index (χ1n) is 11.8. The Labute approximate surface area is 194 Å². The number of nitrogens with one attached hydrogen (secondary N) is 2. The maximum Gasteiger partial charge on any atom is 0.269 e. The van der Waals surface area contributed by atoms with Gasteiger partial charge < -0.3 is 15.2 Å². The van der Waals surface area contributed by atoms with Gasteiger partial charge in [-0.2, -0.15) is 0 Å². The molecule has 0 aromatic carbocycles. The van der Waals surface area contributed by atoms with Gasteiger partial charge in [0.2, 0.25) is 0 Å². The van der Waals surface area contributed by atoms with E-state index in [1.165, 1.54) is 0 Å². The van der Waals surface area contributed by atoms with Gasteiger partial charge in [-0.05, 0) is 42.7 Å². The number of aryl methyl sites for hydroxylation is 1. The van der Waals surface area contributed by atoms with E-state index in [4.69, 9.17) is 0 Å². The molecule has 4 heterocycles. The van der Waals surface area contributed by atoms with Gasteiger partial charge in [0.15, 0.2) is 0 Å². The van der Waals surface area contributed by atoms with E-state index in [9.17, 15) is 9.59 Å². The number of carbonyl (C=O) groups excluding carboxylic acids is 1. The van der Waals surface area contributed by atoms with Crippen LogP contribution in [-0.2, 0) is 13.0 Å². The molecule has 8 heteroatoms. The number of aromatic nitrogens is 3. The second-order valence-electron chi connectivity index (χ2n) is 8.27. The summed E-state index contributed by atoms with van der Waals surface area (Å²) in [5.41, 5.74) is 4.99. The molecule has 5 rings (SSSR count). The van der Waals surface area contributed by atoms with Crippen LogP contribution in [0.5, 0.6) is 0 Å². The minimum atomic E-state index is -0.170. The number of anilines is 1. The lowest BCUT2D eigenvalue weighted by Crippen LogP contribution is -2.46. The summed E-state index contributed by atoms with van der Waals surface area (Å²) in [6.45, 7) is 8.66. The van der Waals surface area contributed by atoms with Crippen molar-refractivity contribution in [3.8, 4) is 0 Å². The molecule has 3 aromatic rings. The van der Waals surface area contributed by atoms with Gasteiger partial charge >= 0.3 is 0 Å². The summed E-state index contributed by atoms with van der Waals surface area (Å²) in [6, 6.07) is 8.68. The van der Waals surface area contributed by atoms with E-state index in [1.54, 1.807) is 19.3 Å². The number of fused-ring (bicyclic) bond motifs is 2. The maximum absolute atomic E-state index is 12.1. The van der Waals surface area contributed by atoms with Crippen LogP contribution in [0, 0.1) is 0 Å². The molecule has 2 unspecified atom stereocenters. The number of carbonyl (C=O) groups is 1. The van der Waals surface area contributed by atoms with E-state index in [1.807, 2.05) is 45.2 Å². The Morgan fingerprint density at radius 2 is 1.97 bits per heavy atom. The molecule has 0 bridgehead atoms. The van der Waals surface area contributed by atoms with Crippen LogP contribution in [0.4, 0.5) is 5.69 Å². The summed E-state index contributed by atoms with van der Waals surface area (Å²) in [7, 11) is 1.61. The number of pyridine rings is 3. The first-order chi connectivity index (χ1) is 16.1. The fourth-order valence-corrected chi connectivity index (χ4v) is 4.55. The van der Waals surface area contributed by atoms with Crippen LogP contribution in [0.25, 0.3) is 11.0 Å². The van der Waals surface area contributed by atoms with E-state index < -0.39 is 0 Å². The van der Waals surface area contributed by atoms with Crippen molar-refractivity contribution in [3.63, 3.8) is 0 Å². The third-order valence-electron chi connectivity index (χ3n) is 6.35. The van der Waals surface area contributed by atoms with Crippen LogP contribution in [0.3, 0.4) is 0 Å². The van der Waals surface area contributed by atoms with Crippen molar-refractivity contribution >= 4 is 22.6 Å². The average molecular weight is 449 g/mol. The number of hydrogen-bond donors (Lipinski definition) is 2. The molecular weight excluding hydrogens is 416 g/mol. The van der Waals surface area contributed by atoms with Gasteiger partial charge in [-0.3, -0.25) is 19.5 Å². The Hall–Kier alpha value is -3.26. The Morgan fingerprint density at radius 1 is 1.15 bits per heavy atom. The van der Waals surface area contributed by atoms with Crippen molar-refractivity contribution < 1.29 is 4.79 Å². The lowest BCUT2D eigenvalue weighted by atomic mass is 10.1. The molecule has 3 aromatic heterocycles. The molecule has 2 fully saturated rings. The van der Waals surface area contributed by atoms with Gasteiger partial charge in [-0.1, -0.05) is 20.8 Å². The zero-order valence-electron chi connectivity index (χ0n) is 19.8. The van der Waals surface area contributed by atoms with Crippen LogP contribution < -0.4 is 15.8 Å². The monoisotopic (exact) mass is 448 g/mol. The molecule has 33 heavy (non-hydrogen) atoms. The topological polar surface area (TPSA) is 94.2 Å². The molecule has 8 nitrogen and oxygen atoms in total. The summed E-state index contributed by atoms with van der Waals surface area (Å²) < 4.78 is 0. The third kappa shape index (κ3) is 4.61. The van der Waals surface area contributed by atoms with Gasteiger partial charge in [0.1, 0.15) is 5.69 Å². The van der Waals surface area contributed by atoms with Gasteiger partial charge in [-0.15, -0.1) is 0 Å². The van der Waals surface area contributed by atoms with Gasteiger partial charge in [-0.25, -0.2) is 4.98 Å². The minimum absolute atomic E-state index is 0.0270. The normalized spacial score (nSPS) is 19.5. The van der Waals surface area contributed by atoms with Gasteiger partial charge in [0, 0.05) is 50.5 Å². The lowest BCUT2D eigenvalue weighted by Gasteiger charge is -2.35. The Kier molecular flexibility index (Phi) is 6.74. The van der Waals surface area contributed by atoms with Crippen LogP contribution in [0.1, 0.15) is 48.8 Å². The first kappa shape index (κ1) is 22.9. The van der Waals surface area contributed by atoms with Crippen LogP contribution in [0.15, 0.2) is 41.5 Å². The largest absolute Gasteiger partial charge is 0.364 e. The predicted octanol–water partition coefficient (Wildman–Crippen LogP) is 2.73. The third-order valence-corrected chi connectivity index (χ3v) is 6.35. The van der Waals surface area contributed by atoms with Crippen molar-refractivity contribution in [1.82, 2.24) is 25.2 Å². The summed E-state index contributed by atoms with van der Waals surface area (Å²) in [4.78, 5) is 40.6. The number of nitrogens with zero attached hydrogens (tertiary/aromatic N) is 4. The highest BCUT2D eigenvalue weighted by molar-refractivity contribution is 5.92. The highest BCUT2D eigenvalue weighted by Gasteiger charge is 2.48. The molecule has 1 aliphatic carbocycles. The van der Waals surface area contributed by atoms with Crippen molar-refractivity contribution in [2.24, 2.45) is 0 Å². The number of hydrogen-bond acceptors (Lipinski definition) is 6. The van der Waals surface area contributed by atoms with Gasteiger partial charge in [0.25, 0.3) is 11.5 Å². The SMILES string of the molecule is CC.CCc1cc2ncc(CN3CCN(c4ccc(C(=O)NC)nc4)C4CC43)cc2[nH]c1=O. The number of amides is 1. The van der Waals surface area contributed by atoms with E-state index in [-0.39, 0.29) is 11.5 Å². The van der Waals surface area contributed by atoms with E-state index in [2.05, 4.69) is 30.1 Å². The summed E-state index contributed by atoms with van der Waals surface area (Å²) in [5, 5.41) is 2.60. The average Bonchev–Trinajstić information content (AvgIpc) is 3.66. The standard InChI is InChI=1S/C23H26N6O2.C2H6/c1-3-15-9-18-19(27-22(15)30)8-14(11-25-18)13-28-6-7-29(21-10-20(21)28)16-4-5-17(26-12-16)23(31)24-2;1-2/h4-5,8-9,11-12,20-21H,3,6-7,10,13H2,1-2H3,(H,24,31)(H,27,30);1-2H3. The van der Waals surface area contributed by atoms with E-state index in [0.717, 1.165) is 53.9 Å². The molecule has 1 saturated heterocycles. The van der Waals surface area contributed by atoms with E-state index >= 15 is 0 Å². The smallest absolute Gasteiger partial charge is 0.269 e. The first-order valence-corrected chi connectivity index (χ1v) is 11.8. The van der Waals surface area contributed by atoms with Crippen molar-refractivity contribution in [3.05, 3.63) is 63.8 Å². The molecule has 1 saturated carbocycles. The quantitative estimate of drug-likeness (QED) is 0.623. The van der Waals surface area contributed by atoms with Crippen LogP contribution in [-0.4, -0.2) is 58.0 Å². The number of rotatable bonds is 5. The minimum Gasteiger partial charge on any atom is -0.364 e.